The highest BCUT2D eigenvalue weighted by atomic mass is 15.2. The summed E-state index contributed by atoms with van der Waals surface area (Å²) in [6.45, 7) is 4.96. The Kier molecular flexibility index (Phi) is 4.10. The van der Waals surface area contributed by atoms with Crippen molar-refractivity contribution in [3.05, 3.63) is 36.2 Å². The van der Waals surface area contributed by atoms with E-state index in [0.29, 0.717) is 24.3 Å². The average Bonchev–Trinajstić information content (AvgIpc) is 3.02. The SMILES string of the molecule is Cc1cc(Nc2cc3ncccc3c(NC3[C@H]4CN(CCC#N)C[C@@H]34)n2)n[nH]1. The minimum Gasteiger partial charge on any atom is -0.366 e. The summed E-state index contributed by atoms with van der Waals surface area (Å²) in [7, 11) is 0. The second kappa shape index (κ2) is 6.77. The van der Waals surface area contributed by atoms with Crippen LogP contribution in [-0.2, 0) is 0 Å². The Labute approximate surface area is 163 Å². The first-order valence-corrected chi connectivity index (χ1v) is 9.62. The molecule has 2 aliphatic rings. The number of nitriles is 1. The first kappa shape index (κ1) is 17.0. The maximum atomic E-state index is 8.77. The predicted octanol–water partition coefficient (Wildman–Crippen LogP) is 2.66. The maximum Gasteiger partial charge on any atom is 0.153 e. The zero-order chi connectivity index (χ0) is 19.1. The monoisotopic (exact) mass is 374 g/mol. The molecule has 1 aliphatic heterocycles. The quantitative estimate of drug-likeness (QED) is 0.609. The summed E-state index contributed by atoms with van der Waals surface area (Å²) in [6, 6.07) is 10.6. The number of hydrogen-bond donors (Lipinski definition) is 3. The van der Waals surface area contributed by atoms with E-state index in [1.54, 1.807) is 6.20 Å². The van der Waals surface area contributed by atoms with Crippen molar-refractivity contribution in [3.8, 4) is 6.07 Å². The van der Waals surface area contributed by atoms with Crippen molar-refractivity contribution in [2.45, 2.75) is 19.4 Å². The Balaban J connectivity index is 1.35. The van der Waals surface area contributed by atoms with Gasteiger partial charge >= 0.3 is 0 Å². The summed E-state index contributed by atoms with van der Waals surface area (Å²) in [4.78, 5) is 11.7. The largest absolute Gasteiger partial charge is 0.366 e. The van der Waals surface area contributed by atoms with Crippen molar-refractivity contribution in [1.29, 1.82) is 5.26 Å². The van der Waals surface area contributed by atoms with Crippen LogP contribution in [0.15, 0.2) is 30.5 Å². The molecular weight excluding hydrogens is 352 g/mol. The molecule has 1 saturated heterocycles. The highest BCUT2D eigenvalue weighted by Gasteiger charge is 2.55. The standard InChI is InChI=1S/C20H22N8/c1-12-8-18(27-26-12)23-17-9-16-13(4-2-6-22-16)20(24-17)25-19-14-10-28(7-3-5-21)11-15(14)19/h2,4,6,8-9,14-15,19H,3,7,10-11H2,1H3,(H3,23,24,25,26,27)/t14-,15+,19?. The van der Waals surface area contributed by atoms with Crippen LogP contribution >= 0.6 is 0 Å². The lowest BCUT2D eigenvalue weighted by atomic mass is 10.2. The van der Waals surface area contributed by atoms with E-state index in [-0.39, 0.29) is 0 Å². The molecular formula is C20H22N8. The van der Waals surface area contributed by atoms with Gasteiger partial charge in [-0.3, -0.25) is 10.1 Å². The second-order valence-corrected chi connectivity index (χ2v) is 7.65. The lowest BCUT2D eigenvalue weighted by Crippen LogP contribution is -2.28. The molecule has 1 aliphatic carbocycles. The molecule has 8 nitrogen and oxygen atoms in total. The van der Waals surface area contributed by atoms with E-state index >= 15 is 0 Å². The number of hydrogen-bond acceptors (Lipinski definition) is 7. The van der Waals surface area contributed by atoms with Gasteiger partial charge in [-0.15, -0.1) is 0 Å². The van der Waals surface area contributed by atoms with E-state index in [1.807, 2.05) is 25.1 Å². The number of nitrogens with zero attached hydrogens (tertiary/aromatic N) is 5. The van der Waals surface area contributed by atoms with Gasteiger partial charge in [-0.25, -0.2) is 4.98 Å². The Morgan fingerprint density at radius 2 is 2.14 bits per heavy atom. The van der Waals surface area contributed by atoms with Gasteiger partial charge in [0.2, 0.25) is 0 Å². The van der Waals surface area contributed by atoms with E-state index in [4.69, 9.17) is 10.2 Å². The average molecular weight is 374 g/mol. The predicted molar refractivity (Wildman–Crippen MR) is 107 cm³/mol. The number of pyridine rings is 2. The molecule has 8 heteroatoms. The summed E-state index contributed by atoms with van der Waals surface area (Å²) >= 11 is 0. The van der Waals surface area contributed by atoms with Gasteiger partial charge in [-0.1, -0.05) is 0 Å². The fourth-order valence-corrected chi connectivity index (χ4v) is 4.24. The van der Waals surface area contributed by atoms with Crippen molar-refractivity contribution >= 4 is 28.4 Å². The topological polar surface area (TPSA) is 106 Å². The molecule has 142 valence electrons. The van der Waals surface area contributed by atoms with Crippen LogP contribution in [0.1, 0.15) is 12.1 Å². The van der Waals surface area contributed by atoms with Crippen molar-refractivity contribution in [2.24, 2.45) is 11.8 Å². The van der Waals surface area contributed by atoms with Gasteiger partial charge in [0.25, 0.3) is 0 Å². The van der Waals surface area contributed by atoms with Crippen LogP contribution in [0.4, 0.5) is 17.5 Å². The number of rotatable bonds is 6. The van der Waals surface area contributed by atoms with Crippen LogP contribution in [-0.4, -0.2) is 50.7 Å². The van der Waals surface area contributed by atoms with Crippen molar-refractivity contribution in [1.82, 2.24) is 25.1 Å². The molecule has 0 bridgehead atoms. The van der Waals surface area contributed by atoms with Crippen LogP contribution in [0.5, 0.6) is 0 Å². The Morgan fingerprint density at radius 1 is 1.29 bits per heavy atom. The third-order valence-electron chi connectivity index (χ3n) is 5.67. The van der Waals surface area contributed by atoms with E-state index in [1.165, 1.54) is 0 Å². The van der Waals surface area contributed by atoms with E-state index in [9.17, 15) is 0 Å². The zero-order valence-electron chi connectivity index (χ0n) is 15.7. The molecule has 0 amide bonds. The molecule has 4 heterocycles. The molecule has 0 radical (unpaired) electrons. The fourth-order valence-electron chi connectivity index (χ4n) is 4.24. The molecule has 3 N–H and O–H groups in total. The number of nitrogens with one attached hydrogen (secondary N) is 3. The molecule has 3 atom stereocenters. The Bertz CT molecular complexity index is 1040. The van der Waals surface area contributed by atoms with Crippen LogP contribution in [0, 0.1) is 30.1 Å². The summed E-state index contributed by atoms with van der Waals surface area (Å²) in [5.74, 6) is 3.60. The van der Waals surface area contributed by atoms with Gasteiger partial charge < -0.3 is 15.5 Å². The molecule has 5 rings (SSSR count). The lowest BCUT2D eigenvalue weighted by Gasteiger charge is -2.19. The number of aryl methyl sites for hydroxylation is 1. The van der Waals surface area contributed by atoms with Crippen molar-refractivity contribution in [2.75, 3.05) is 30.3 Å². The minimum atomic E-state index is 0.442. The Hall–Kier alpha value is -3.18. The first-order chi connectivity index (χ1) is 13.7. The number of fused-ring (bicyclic) bond motifs is 2. The van der Waals surface area contributed by atoms with Gasteiger partial charge in [-0.05, 0) is 30.9 Å². The Morgan fingerprint density at radius 3 is 2.89 bits per heavy atom. The number of aromatic nitrogens is 4. The molecule has 28 heavy (non-hydrogen) atoms. The van der Waals surface area contributed by atoms with Crippen LogP contribution in [0.25, 0.3) is 10.9 Å². The van der Waals surface area contributed by atoms with Gasteiger partial charge in [0.15, 0.2) is 5.82 Å². The van der Waals surface area contributed by atoms with Gasteiger partial charge in [-0.2, -0.15) is 10.4 Å². The maximum absolute atomic E-state index is 8.77. The summed E-state index contributed by atoms with van der Waals surface area (Å²) < 4.78 is 0. The summed E-state index contributed by atoms with van der Waals surface area (Å²) in [5, 5.41) is 23.9. The third kappa shape index (κ3) is 3.14. The molecule has 3 aromatic rings. The van der Waals surface area contributed by atoms with Gasteiger partial charge in [0, 0.05) is 61.5 Å². The van der Waals surface area contributed by atoms with Crippen LogP contribution in [0.2, 0.25) is 0 Å². The minimum absolute atomic E-state index is 0.442. The first-order valence-electron chi connectivity index (χ1n) is 9.62. The van der Waals surface area contributed by atoms with E-state index < -0.39 is 0 Å². The molecule has 2 fully saturated rings. The summed E-state index contributed by atoms with van der Waals surface area (Å²) in [5.41, 5.74) is 1.89. The van der Waals surface area contributed by atoms with Crippen molar-refractivity contribution in [3.63, 3.8) is 0 Å². The molecule has 1 unspecified atom stereocenters. The van der Waals surface area contributed by atoms with Gasteiger partial charge in [0.1, 0.15) is 11.6 Å². The van der Waals surface area contributed by atoms with Gasteiger partial charge in [0.05, 0.1) is 11.6 Å². The number of anilines is 3. The van der Waals surface area contributed by atoms with Crippen LogP contribution in [0.3, 0.4) is 0 Å². The van der Waals surface area contributed by atoms with Crippen LogP contribution < -0.4 is 10.6 Å². The van der Waals surface area contributed by atoms with Crippen molar-refractivity contribution < 1.29 is 0 Å². The molecule has 3 aromatic heterocycles. The second-order valence-electron chi connectivity index (χ2n) is 7.65. The zero-order valence-corrected chi connectivity index (χ0v) is 15.7. The summed E-state index contributed by atoms with van der Waals surface area (Å²) in [6.07, 6.45) is 2.41. The fraction of sp³-hybridized carbons (Fsp3) is 0.400. The lowest BCUT2D eigenvalue weighted by molar-refractivity contribution is 0.307. The van der Waals surface area contributed by atoms with E-state index in [2.05, 4.69) is 42.9 Å². The third-order valence-corrected chi connectivity index (χ3v) is 5.67. The highest BCUT2D eigenvalue weighted by Crippen LogP contribution is 2.47. The highest BCUT2D eigenvalue weighted by molar-refractivity contribution is 5.91. The number of aromatic amines is 1. The molecule has 0 spiro atoms. The van der Waals surface area contributed by atoms with E-state index in [0.717, 1.165) is 53.7 Å². The number of piperidine rings is 1. The number of H-pyrrole nitrogens is 1. The normalized spacial score (nSPS) is 23.4. The smallest absolute Gasteiger partial charge is 0.153 e. The number of likely N-dealkylation sites (tertiary alicyclic amines) is 1. The molecule has 1 saturated carbocycles. The molecule has 0 aromatic carbocycles.